The molecule has 0 aromatic heterocycles. The highest BCUT2D eigenvalue weighted by atomic mass is 19.4. The molecule has 4 nitrogen and oxygen atoms in total. The van der Waals surface area contributed by atoms with Crippen molar-refractivity contribution in [2.45, 2.75) is 12.6 Å². The third kappa shape index (κ3) is 5.28. The third-order valence-electron chi connectivity index (χ3n) is 3.16. The minimum absolute atomic E-state index is 0.0495. The molecule has 0 fully saturated rings. The molecule has 0 radical (unpaired) electrons. The molecular formula is C16H15F3N2O2. The molecule has 7 heteroatoms. The molecule has 0 aliphatic carbocycles. The van der Waals surface area contributed by atoms with Crippen molar-refractivity contribution in [1.82, 2.24) is 10.6 Å². The predicted molar refractivity (Wildman–Crippen MR) is 79.7 cm³/mol. The van der Waals surface area contributed by atoms with Crippen LogP contribution in [-0.4, -0.2) is 31.1 Å². The van der Waals surface area contributed by atoms with Crippen molar-refractivity contribution in [1.29, 1.82) is 0 Å². The molecule has 0 aliphatic rings. The predicted octanol–water partition coefficient (Wildman–Crippen LogP) is 2.18. The summed E-state index contributed by atoms with van der Waals surface area (Å²) in [6.07, 6.45) is -4.42. The molecule has 0 saturated carbocycles. The van der Waals surface area contributed by atoms with Crippen LogP contribution in [0, 0.1) is 0 Å². The molecule has 0 atom stereocenters. The van der Waals surface area contributed by atoms with Crippen LogP contribution in [-0.2, 0) is 16.0 Å². The topological polar surface area (TPSA) is 58.2 Å². The summed E-state index contributed by atoms with van der Waals surface area (Å²) in [6.45, 7) is -1.90. The van der Waals surface area contributed by atoms with E-state index in [0.29, 0.717) is 0 Å². The summed E-state index contributed by atoms with van der Waals surface area (Å²) in [7, 11) is 0. The van der Waals surface area contributed by atoms with E-state index in [1.807, 2.05) is 36.4 Å². The maximum Gasteiger partial charge on any atom is 0.405 e. The summed E-state index contributed by atoms with van der Waals surface area (Å²) in [5, 5.41) is 5.92. The Morgan fingerprint density at radius 1 is 0.913 bits per heavy atom. The molecule has 2 amide bonds. The number of carbonyl (C=O) groups is 2. The van der Waals surface area contributed by atoms with E-state index in [1.165, 1.54) is 0 Å². The molecular weight excluding hydrogens is 309 g/mol. The zero-order valence-electron chi connectivity index (χ0n) is 12.1. The molecule has 23 heavy (non-hydrogen) atoms. The smallest absolute Gasteiger partial charge is 0.347 e. The normalized spacial score (nSPS) is 11.3. The highest BCUT2D eigenvalue weighted by Gasteiger charge is 2.27. The van der Waals surface area contributed by atoms with Crippen molar-refractivity contribution in [3.8, 4) is 0 Å². The number of hydrogen-bond acceptors (Lipinski definition) is 2. The zero-order valence-corrected chi connectivity index (χ0v) is 12.1. The molecule has 0 unspecified atom stereocenters. The number of hydrogen-bond donors (Lipinski definition) is 2. The maximum absolute atomic E-state index is 11.9. The largest absolute Gasteiger partial charge is 0.405 e. The highest BCUT2D eigenvalue weighted by molar-refractivity contribution is 5.91. The first-order valence-corrected chi connectivity index (χ1v) is 6.92. The summed E-state index contributed by atoms with van der Waals surface area (Å²) >= 11 is 0. The maximum atomic E-state index is 11.9. The second kappa shape index (κ2) is 7.13. The van der Waals surface area contributed by atoms with Crippen LogP contribution < -0.4 is 10.6 Å². The molecule has 2 rings (SSSR count). The average molecular weight is 324 g/mol. The summed E-state index contributed by atoms with van der Waals surface area (Å²) in [4.78, 5) is 23.1. The van der Waals surface area contributed by atoms with Gasteiger partial charge in [-0.15, -0.1) is 0 Å². The third-order valence-corrected chi connectivity index (χ3v) is 3.16. The lowest BCUT2D eigenvalue weighted by atomic mass is 10.0. The molecule has 0 heterocycles. The van der Waals surface area contributed by atoms with E-state index < -0.39 is 31.1 Å². The molecule has 122 valence electrons. The minimum atomic E-state index is -4.47. The van der Waals surface area contributed by atoms with Crippen LogP contribution in [0.1, 0.15) is 5.56 Å². The number of benzene rings is 2. The Labute approximate surface area is 130 Å². The van der Waals surface area contributed by atoms with E-state index >= 15 is 0 Å². The van der Waals surface area contributed by atoms with Gasteiger partial charge < -0.3 is 10.6 Å². The lowest BCUT2D eigenvalue weighted by molar-refractivity contribution is -0.138. The second-order valence-corrected chi connectivity index (χ2v) is 4.98. The van der Waals surface area contributed by atoms with Gasteiger partial charge in [0.25, 0.3) is 0 Å². The first kappa shape index (κ1) is 16.8. The van der Waals surface area contributed by atoms with Crippen molar-refractivity contribution < 1.29 is 22.8 Å². The van der Waals surface area contributed by atoms with Crippen LogP contribution in [0.2, 0.25) is 0 Å². The van der Waals surface area contributed by atoms with Crippen molar-refractivity contribution in [3.63, 3.8) is 0 Å². The Bertz CT molecular complexity index is 709. The standard InChI is InChI=1S/C16H15F3N2O2/c17-16(18,19)10-21-15(23)9-20-14(22)8-12-6-3-5-11-4-1-2-7-13(11)12/h1-7H,8-10H2,(H,20,22)(H,21,23). The Hall–Kier alpha value is -2.57. The van der Waals surface area contributed by atoms with Gasteiger partial charge in [-0.25, -0.2) is 0 Å². The van der Waals surface area contributed by atoms with E-state index in [9.17, 15) is 22.8 Å². The molecule has 2 aromatic rings. The Morgan fingerprint density at radius 2 is 1.61 bits per heavy atom. The molecule has 0 aliphatic heterocycles. The fourth-order valence-electron chi connectivity index (χ4n) is 2.12. The second-order valence-electron chi connectivity index (χ2n) is 4.98. The number of alkyl halides is 3. The number of rotatable bonds is 5. The van der Waals surface area contributed by atoms with Gasteiger partial charge in [0.15, 0.2) is 0 Å². The van der Waals surface area contributed by atoms with Crippen molar-refractivity contribution >= 4 is 22.6 Å². The first-order chi connectivity index (χ1) is 10.8. The lowest BCUT2D eigenvalue weighted by Gasteiger charge is -2.10. The van der Waals surface area contributed by atoms with E-state index in [4.69, 9.17) is 0 Å². The zero-order chi connectivity index (χ0) is 16.9. The lowest BCUT2D eigenvalue weighted by Crippen LogP contribution is -2.41. The SMILES string of the molecule is O=C(CNC(=O)Cc1cccc2ccccc12)NCC(F)(F)F. The van der Waals surface area contributed by atoms with Gasteiger partial charge in [-0.3, -0.25) is 9.59 Å². The number of halogens is 3. The Kier molecular flexibility index (Phi) is 5.20. The van der Waals surface area contributed by atoms with Crippen LogP contribution in [0.15, 0.2) is 42.5 Å². The molecule has 0 saturated heterocycles. The van der Waals surface area contributed by atoms with Gasteiger partial charge in [0.05, 0.1) is 13.0 Å². The monoisotopic (exact) mass is 324 g/mol. The minimum Gasteiger partial charge on any atom is -0.347 e. The van der Waals surface area contributed by atoms with E-state index in [0.717, 1.165) is 16.3 Å². The fraction of sp³-hybridized carbons (Fsp3) is 0.250. The van der Waals surface area contributed by atoms with Gasteiger partial charge in [-0.05, 0) is 16.3 Å². The molecule has 2 aromatic carbocycles. The molecule has 0 bridgehead atoms. The van der Waals surface area contributed by atoms with Gasteiger partial charge >= 0.3 is 6.18 Å². The van der Waals surface area contributed by atoms with Crippen molar-refractivity contribution in [2.24, 2.45) is 0 Å². The van der Waals surface area contributed by atoms with Crippen LogP contribution in [0.3, 0.4) is 0 Å². The summed E-state index contributed by atoms with van der Waals surface area (Å²) in [6, 6.07) is 13.1. The molecule has 0 spiro atoms. The summed E-state index contributed by atoms with van der Waals surface area (Å²) in [5.41, 5.74) is 0.788. The molecule has 2 N–H and O–H groups in total. The number of fused-ring (bicyclic) bond motifs is 1. The quantitative estimate of drug-likeness (QED) is 0.886. The number of nitrogens with one attached hydrogen (secondary N) is 2. The van der Waals surface area contributed by atoms with Crippen molar-refractivity contribution in [3.05, 3.63) is 48.0 Å². The number of carbonyl (C=O) groups excluding carboxylic acids is 2. The van der Waals surface area contributed by atoms with Gasteiger partial charge in [-0.1, -0.05) is 42.5 Å². The van der Waals surface area contributed by atoms with Crippen LogP contribution >= 0.6 is 0 Å². The Morgan fingerprint density at radius 3 is 2.35 bits per heavy atom. The van der Waals surface area contributed by atoms with Crippen LogP contribution in [0.4, 0.5) is 13.2 Å². The van der Waals surface area contributed by atoms with Gasteiger partial charge in [0.2, 0.25) is 11.8 Å². The van der Waals surface area contributed by atoms with Crippen LogP contribution in [0.25, 0.3) is 10.8 Å². The summed E-state index contributed by atoms with van der Waals surface area (Å²) < 4.78 is 35.8. The Balaban J connectivity index is 1.88. The summed E-state index contributed by atoms with van der Waals surface area (Å²) in [5.74, 6) is -1.31. The fourth-order valence-corrected chi connectivity index (χ4v) is 2.12. The van der Waals surface area contributed by atoms with Crippen molar-refractivity contribution in [2.75, 3.05) is 13.1 Å². The highest BCUT2D eigenvalue weighted by Crippen LogP contribution is 2.18. The van der Waals surface area contributed by atoms with Gasteiger partial charge in [-0.2, -0.15) is 13.2 Å². The average Bonchev–Trinajstić information content (AvgIpc) is 2.50. The first-order valence-electron chi connectivity index (χ1n) is 6.92. The van der Waals surface area contributed by atoms with Crippen LogP contribution in [0.5, 0.6) is 0 Å². The van der Waals surface area contributed by atoms with E-state index in [2.05, 4.69) is 5.32 Å². The van der Waals surface area contributed by atoms with Gasteiger partial charge in [0.1, 0.15) is 6.54 Å². The van der Waals surface area contributed by atoms with Gasteiger partial charge in [0, 0.05) is 0 Å². The van der Waals surface area contributed by atoms with E-state index in [-0.39, 0.29) is 6.42 Å². The number of amides is 2. The van der Waals surface area contributed by atoms with E-state index in [1.54, 1.807) is 11.4 Å².